The topological polar surface area (TPSA) is 66.4 Å². The number of carbonyl (C=O) groups is 1. The van der Waals surface area contributed by atoms with Gasteiger partial charge in [-0.25, -0.2) is 0 Å². The highest BCUT2D eigenvalue weighted by Crippen LogP contribution is 2.17. The number of guanidine groups is 1. The van der Waals surface area contributed by atoms with E-state index in [-0.39, 0.29) is 12.0 Å². The predicted molar refractivity (Wildman–Crippen MR) is 114 cm³/mol. The van der Waals surface area contributed by atoms with Crippen molar-refractivity contribution in [2.45, 2.75) is 39.3 Å². The van der Waals surface area contributed by atoms with Gasteiger partial charge in [0.25, 0.3) is 5.91 Å². The molecule has 1 aromatic rings. The average molecular weight is 403 g/mol. The van der Waals surface area contributed by atoms with Crippen molar-refractivity contribution in [3.05, 3.63) is 29.8 Å². The van der Waals surface area contributed by atoms with Crippen LogP contribution in [0.5, 0.6) is 5.75 Å². The number of hydrogen-bond donors (Lipinski definition) is 1. The molecule has 1 atom stereocenters. The molecule has 1 unspecified atom stereocenters. The third kappa shape index (κ3) is 6.10. The highest BCUT2D eigenvalue weighted by atomic mass is 16.5. The highest BCUT2D eigenvalue weighted by Gasteiger charge is 2.30. The fourth-order valence-electron chi connectivity index (χ4n) is 3.64. The van der Waals surface area contributed by atoms with E-state index in [1.807, 2.05) is 17.0 Å². The summed E-state index contributed by atoms with van der Waals surface area (Å²) in [5.41, 5.74) is 1.15. The van der Waals surface area contributed by atoms with Crippen LogP contribution in [0.3, 0.4) is 0 Å². The summed E-state index contributed by atoms with van der Waals surface area (Å²) in [6, 6.07) is 8.16. The van der Waals surface area contributed by atoms with Crippen LogP contribution in [-0.4, -0.2) is 74.2 Å². The number of ether oxygens (including phenoxy) is 2. The molecule has 0 bridgehead atoms. The zero-order valence-corrected chi connectivity index (χ0v) is 17.9. The minimum Gasteiger partial charge on any atom is -0.493 e. The lowest BCUT2D eigenvalue weighted by atomic mass is 10.2. The Morgan fingerprint density at radius 1 is 1.28 bits per heavy atom. The van der Waals surface area contributed by atoms with Crippen LogP contribution in [0.15, 0.2) is 29.3 Å². The molecule has 0 aromatic heterocycles. The first-order valence-electron chi connectivity index (χ1n) is 10.6. The van der Waals surface area contributed by atoms with Crippen LogP contribution in [0.1, 0.15) is 32.3 Å². The van der Waals surface area contributed by atoms with Crippen molar-refractivity contribution in [3.63, 3.8) is 0 Å². The van der Waals surface area contributed by atoms with Crippen molar-refractivity contribution in [1.82, 2.24) is 15.1 Å². The second kappa shape index (κ2) is 10.5. The molecule has 1 amide bonds. The van der Waals surface area contributed by atoms with Gasteiger partial charge < -0.3 is 24.6 Å². The number of benzene rings is 1. The lowest BCUT2D eigenvalue weighted by molar-refractivity contribution is -0.142. The second-order valence-corrected chi connectivity index (χ2v) is 8.07. The molecule has 2 fully saturated rings. The van der Waals surface area contributed by atoms with Crippen molar-refractivity contribution in [1.29, 1.82) is 0 Å². The number of rotatable bonds is 6. The molecule has 0 spiro atoms. The zero-order valence-electron chi connectivity index (χ0n) is 17.9. The molecule has 1 N–H and O–H groups in total. The molecule has 3 rings (SSSR count). The maximum Gasteiger partial charge on any atom is 0.251 e. The fourth-order valence-corrected chi connectivity index (χ4v) is 3.64. The van der Waals surface area contributed by atoms with Gasteiger partial charge in [0.05, 0.1) is 6.61 Å². The molecule has 2 aliphatic heterocycles. The standard InChI is InChI=1S/C22H34N4O3/c1-17(2)16-29-19-7-4-6-18(14-19)15-24-22(23-3)26-11-9-25(10-12-26)21(27)20-8-5-13-28-20/h4,6-7,14,17,20H,5,8-13,15-16H2,1-3H3,(H,23,24). The van der Waals surface area contributed by atoms with Gasteiger partial charge in [-0.15, -0.1) is 0 Å². The van der Waals surface area contributed by atoms with Gasteiger partial charge in [-0.2, -0.15) is 0 Å². The first-order valence-corrected chi connectivity index (χ1v) is 10.6. The maximum absolute atomic E-state index is 12.5. The summed E-state index contributed by atoms with van der Waals surface area (Å²) in [7, 11) is 1.80. The first kappa shape index (κ1) is 21.4. The number of amides is 1. The summed E-state index contributed by atoms with van der Waals surface area (Å²) in [6.45, 7) is 9.35. The monoisotopic (exact) mass is 402 g/mol. The van der Waals surface area contributed by atoms with E-state index < -0.39 is 0 Å². The van der Waals surface area contributed by atoms with E-state index in [4.69, 9.17) is 9.47 Å². The Kier molecular flexibility index (Phi) is 7.75. The summed E-state index contributed by atoms with van der Waals surface area (Å²) >= 11 is 0. The molecule has 1 aromatic carbocycles. The normalized spacial score (nSPS) is 20.3. The lowest BCUT2D eigenvalue weighted by Crippen LogP contribution is -2.55. The molecule has 0 aliphatic carbocycles. The number of piperazine rings is 1. The molecule has 7 heteroatoms. The van der Waals surface area contributed by atoms with Crippen LogP contribution >= 0.6 is 0 Å². The number of nitrogens with one attached hydrogen (secondary N) is 1. The van der Waals surface area contributed by atoms with E-state index >= 15 is 0 Å². The molecule has 2 saturated heterocycles. The summed E-state index contributed by atoms with van der Waals surface area (Å²) in [4.78, 5) is 21.1. The van der Waals surface area contributed by atoms with Crippen LogP contribution in [0.25, 0.3) is 0 Å². The zero-order chi connectivity index (χ0) is 20.6. The van der Waals surface area contributed by atoms with Crippen molar-refractivity contribution in [2.24, 2.45) is 10.9 Å². The average Bonchev–Trinajstić information content (AvgIpc) is 3.28. The van der Waals surface area contributed by atoms with E-state index in [1.165, 1.54) is 0 Å². The Morgan fingerprint density at radius 2 is 2.03 bits per heavy atom. The van der Waals surface area contributed by atoms with Crippen LogP contribution in [0.4, 0.5) is 0 Å². The van der Waals surface area contributed by atoms with E-state index in [9.17, 15) is 4.79 Å². The molecular formula is C22H34N4O3. The molecule has 29 heavy (non-hydrogen) atoms. The summed E-state index contributed by atoms with van der Waals surface area (Å²) < 4.78 is 11.4. The molecular weight excluding hydrogens is 368 g/mol. The first-order chi connectivity index (χ1) is 14.1. The molecule has 0 radical (unpaired) electrons. The minimum atomic E-state index is -0.232. The SMILES string of the molecule is CN=C(NCc1cccc(OCC(C)C)c1)N1CCN(C(=O)C2CCCO2)CC1. The number of hydrogen-bond acceptors (Lipinski definition) is 4. The highest BCUT2D eigenvalue weighted by molar-refractivity contribution is 5.82. The van der Waals surface area contributed by atoms with E-state index in [0.717, 1.165) is 43.2 Å². The van der Waals surface area contributed by atoms with E-state index in [1.54, 1.807) is 7.05 Å². The van der Waals surface area contributed by atoms with Crippen LogP contribution < -0.4 is 10.1 Å². The molecule has 2 heterocycles. The van der Waals surface area contributed by atoms with E-state index in [2.05, 4.69) is 41.2 Å². The Morgan fingerprint density at radius 3 is 2.69 bits per heavy atom. The van der Waals surface area contributed by atoms with Crippen molar-refractivity contribution in [3.8, 4) is 5.75 Å². The third-order valence-corrected chi connectivity index (χ3v) is 5.24. The molecule has 0 saturated carbocycles. The van der Waals surface area contributed by atoms with Gasteiger partial charge in [0.1, 0.15) is 11.9 Å². The Hall–Kier alpha value is -2.28. The number of nitrogens with zero attached hydrogens (tertiary/aromatic N) is 3. The third-order valence-electron chi connectivity index (χ3n) is 5.24. The van der Waals surface area contributed by atoms with Crippen molar-refractivity contribution >= 4 is 11.9 Å². The van der Waals surface area contributed by atoms with Crippen molar-refractivity contribution < 1.29 is 14.3 Å². The van der Waals surface area contributed by atoms with Crippen LogP contribution in [0, 0.1) is 5.92 Å². The van der Waals surface area contributed by atoms with Gasteiger partial charge in [-0.05, 0) is 36.5 Å². The summed E-state index contributed by atoms with van der Waals surface area (Å²) in [5.74, 6) is 2.40. The van der Waals surface area contributed by atoms with E-state index in [0.29, 0.717) is 38.8 Å². The Bertz CT molecular complexity index is 693. The number of carbonyl (C=O) groups excluding carboxylic acids is 1. The van der Waals surface area contributed by atoms with Crippen molar-refractivity contribution in [2.75, 3.05) is 46.4 Å². The van der Waals surface area contributed by atoms with Gasteiger partial charge in [-0.3, -0.25) is 9.79 Å². The Balaban J connectivity index is 1.47. The minimum absolute atomic E-state index is 0.142. The Labute approximate surface area is 174 Å². The molecule has 160 valence electrons. The fraction of sp³-hybridized carbons (Fsp3) is 0.636. The van der Waals surface area contributed by atoms with Gasteiger partial charge >= 0.3 is 0 Å². The quantitative estimate of drug-likeness (QED) is 0.583. The van der Waals surface area contributed by atoms with Gasteiger partial charge in [0.15, 0.2) is 5.96 Å². The van der Waals surface area contributed by atoms with Crippen LogP contribution in [-0.2, 0) is 16.1 Å². The van der Waals surface area contributed by atoms with Crippen LogP contribution in [0.2, 0.25) is 0 Å². The summed E-state index contributed by atoms with van der Waals surface area (Å²) in [6.07, 6.45) is 1.60. The van der Waals surface area contributed by atoms with Gasteiger partial charge in [0.2, 0.25) is 0 Å². The lowest BCUT2D eigenvalue weighted by Gasteiger charge is -2.37. The number of aliphatic imine (C=N–C) groups is 1. The largest absolute Gasteiger partial charge is 0.493 e. The second-order valence-electron chi connectivity index (χ2n) is 8.07. The smallest absolute Gasteiger partial charge is 0.251 e. The predicted octanol–water partition coefficient (Wildman–Crippen LogP) is 2.12. The summed E-state index contributed by atoms with van der Waals surface area (Å²) in [5, 5.41) is 3.44. The van der Waals surface area contributed by atoms with Gasteiger partial charge in [0, 0.05) is 46.4 Å². The molecule has 2 aliphatic rings. The molecule has 7 nitrogen and oxygen atoms in total. The van der Waals surface area contributed by atoms with Gasteiger partial charge in [-0.1, -0.05) is 26.0 Å². The maximum atomic E-state index is 12.5.